The van der Waals surface area contributed by atoms with Gasteiger partial charge in [0.15, 0.2) is 0 Å². The normalized spacial score (nSPS) is 13.7. The molecule has 3 N–H and O–H groups in total. The van der Waals surface area contributed by atoms with E-state index < -0.39 is 10.0 Å². The molecule has 98 valence electrons. The first-order chi connectivity index (χ1) is 8.53. The Hall–Kier alpha value is -0.800. The van der Waals surface area contributed by atoms with Crippen molar-refractivity contribution >= 4 is 32.7 Å². The number of thiophene rings is 1. The highest BCUT2D eigenvalue weighted by molar-refractivity contribution is 7.91. The molecule has 2 rings (SSSR count). The quantitative estimate of drug-likeness (QED) is 0.880. The molecule has 8 heteroatoms. The zero-order valence-electron chi connectivity index (χ0n) is 9.66. The maximum Gasteiger partial charge on any atom is 0.250 e. The predicted octanol–water partition coefficient (Wildman–Crippen LogP) is 1.70. The van der Waals surface area contributed by atoms with Gasteiger partial charge in [-0.25, -0.2) is 18.1 Å². The third kappa shape index (κ3) is 2.96. The molecule has 0 aliphatic heterocycles. The lowest BCUT2D eigenvalue weighted by Gasteiger charge is -2.10. The van der Waals surface area contributed by atoms with Gasteiger partial charge < -0.3 is 5.73 Å². The zero-order chi connectivity index (χ0) is 13.2. The summed E-state index contributed by atoms with van der Waals surface area (Å²) in [6, 6.07) is 2.97. The molecule has 0 fully saturated rings. The second kappa shape index (κ2) is 5.45. The van der Waals surface area contributed by atoms with Gasteiger partial charge in [0, 0.05) is 23.0 Å². The van der Waals surface area contributed by atoms with E-state index in [1.54, 1.807) is 25.3 Å². The predicted molar refractivity (Wildman–Crippen MR) is 73.1 cm³/mol. The van der Waals surface area contributed by atoms with E-state index in [0.717, 1.165) is 9.88 Å². The molecule has 0 aromatic carbocycles. The first kappa shape index (κ1) is 13.6. The van der Waals surface area contributed by atoms with E-state index in [4.69, 9.17) is 5.73 Å². The minimum absolute atomic E-state index is 0.284. The summed E-state index contributed by atoms with van der Waals surface area (Å²) in [7, 11) is -3.50. The third-order valence-corrected chi connectivity index (χ3v) is 6.36. The molecule has 5 nitrogen and oxygen atoms in total. The summed E-state index contributed by atoms with van der Waals surface area (Å²) in [5, 5.41) is 2.56. The Morgan fingerprint density at radius 2 is 2.28 bits per heavy atom. The number of rotatable bonds is 5. The van der Waals surface area contributed by atoms with Crippen molar-refractivity contribution in [3.63, 3.8) is 0 Å². The smallest absolute Gasteiger partial charge is 0.250 e. The van der Waals surface area contributed by atoms with Gasteiger partial charge in [-0.15, -0.1) is 22.7 Å². The van der Waals surface area contributed by atoms with Gasteiger partial charge in [-0.2, -0.15) is 0 Å². The number of sulfonamides is 1. The summed E-state index contributed by atoms with van der Waals surface area (Å²) in [6.45, 7) is 2.12. The second-order valence-electron chi connectivity index (χ2n) is 3.64. The molecule has 0 aliphatic carbocycles. The van der Waals surface area contributed by atoms with Crippen LogP contribution in [0.1, 0.15) is 22.9 Å². The molecule has 18 heavy (non-hydrogen) atoms. The van der Waals surface area contributed by atoms with E-state index in [-0.39, 0.29) is 10.3 Å². The van der Waals surface area contributed by atoms with Crippen LogP contribution in [0.4, 0.5) is 0 Å². The molecule has 2 heterocycles. The maximum atomic E-state index is 12.1. The van der Waals surface area contributed by atoms with Gasteiger partial charge in [-0.3, -0.25) is 0 Å². The number of hydrogen-bond acceptors (Lipinski definition) is 6. The lowest BCUT2D eigenvalue weighted by molar-refractivity contribution is 0.568. The van der Waals surface area contributed by atoms with Crippen LogP contribution in [-0.4, -0.2) is 13.4 Å². The molecule has 2 aromatic heterocycles. The van der Waals surface area contributed by atoms with Crippen molar-refractivity contribution in [2.75, 3.05) is 0 Å². The largest absolute Gasteiger partial charge is 0.326 e. The van der Waals surface area contributed by atoms with Crippen molar-refractivity contribution in [3.05, 3.63) is 33.6 Å². The standard InChI is InChI=1S/C10H13N3O2S3/c1-7(10-12-4-5-16-10)13-18(14,15)9-3-2-8(6-11)17-9/h2-5,7,13H,6,11H2,1H3. The molecule has 0 amide bonds. The van der Waals surface area contributed by atoms with Crippen molar-refractivity contribution in [3.8, 4) is 0 Å². The summed E-state index contributed by atoms with van der Waals surface area (Å²) < 4.78 is 27.1. The molecule has 0 spiro atoms. The van der Waals surface area contributed by atoms with Crippen LogP contribution in [0.3, 0.4) is 0 Å². The number of thiazole rings is 1. The van der Waals surface area contributed by atoms with Gasteiger partial charge in [0.2, 0.25) is 0 Å². The highest BCUT2D eigenvalue weighted by Crippen LogP contribution is 2.24. The average molecular weight is 303 g/mol. The van der Waals surface area contributed by atoms with E-state index in [1.165, 1.54) is 22.7 Å². The fraction of sp³-hybridized carbons (Fsp3) is 0.300. The molecule has 0 saturated heterocycles. The monoisotopic (exact) mass is 303 g/mol. The highest BCUT2D eigenvalue weighted by atomic mass is 32.2. The zero-order valence-corrected chi connectivity index (χ0v) is 12.1. The van der Waals surface area contributed by atoms with E-state index in [2.05, 4.69) is 9.71 Å². The van der Waals surface area contributed by atoms with Gasteiger partial charge in [0.05, 0.1) is 6.04 Å². The molecule has 0 bridgehead atoms. The first-order valence-electron chi connectivity index (χ1n) is 5.23. The van der Waals surface area contributed by atoms with E-state index in [9.17, 15) is 8.42 Å². The molecule has 0 radical (unpaired) electrons. The Balaban J connectivity index is 2.17. The van der Waals surface area contributed by atoms with Gasteiger partial charge >= 0.3 is 0 Å². The van der Waals surface area contributed by atoms with E-state index >= 15 is 0 Å². The van der Waals surface area contributed by atoms with Crippen LogP contribution >= 0.6 is 22.7 Å². The van der Waals surface area contributed by atoms with Crippen LogP contribution < -0.4 is 10.5 Å². The van der Waals surface area contributed by atoms with Gasteiger partial charge in [-0.05, 0) is 19.1 Å². The van der Waals surface area contributed by atoms with Crippen molar-refractivity contribution < 1.29 is 8.42 Å². The highest BCUT2D eigenvalue weighted by Gasteiger charge is 2.21. The molecule has 2 aromatic rings. The Kier molecular flexibility index (Phi) is 4.13. The second-order valence-corrected chi connectivity index (χ2v) is 7.67. The summed E-state index contributed by atoms with van der Waals surface area (Å²) in [6.07, 6.45) is 1.66. The number of aromatic nitrogens is 1. The molecule has 1 atom stereocenters. The Morgan fingerprint density at radius 3 is 2.83 bits per heavy atom. The van der Waals surface area contributed by atoms with Crippen LogP contribution in [0.15, 0.2) is 27.9 Å². The first-order valence-corrected chi connectivity index (χ1v) is 8.41. The van der Waals surface area contributed by atoms with Crippen LogP contribution in [0.2, 0.25) is 0 Å². The minimum atomic E-state index is -3.50. The lowest BCUT2D eigenvalue weighted by atomic mass is 10.4. The van der Waals surface area contributed by atoms with E-state index in [0.29, 0.717) is 6.54 Å². The van der Waals surface area contributed by atoms with Crippen LogP contribution in [0.5, 0.6) is 0 Å². The number of nitrogens with zero attached hydrogens (tertiary/aromatic N) is 1. The fourth-order valence-corrected chi connectivity index (χ4v) is 4.58. The van der Waals surface area contributed by atoms with Crippen molar-refractivity contribution in [2.24, 2.45) is 5.73 Å². The minimum Gasteiger partial charge on any atom is -0.326 e. The molecular weight excluding hydrogens is 290 g/mol. The summed E-state index contributed by atoms with van der Waals surface area (Å²) in [4.78, 5) is 4.94. The molecule has 0 aliphatic rings. The average Bonchev–Trinajstić information content (AvgIpc) is 3.00. The van der Waals surface area contributed by atoms with Crippen LogP contribution in [-0.2, 0) is 16.6 Å². The SMILES string of the molecule is CC(NS(=O)(=O)c1ccc(CN)s1)c1nccs1. The van der Waals surface area contributed by atoms with Gasteiger partial charge in [-0.1, -0.05) is 0 Å². The van der Waals surface area contributed by atoms with Gasteiger partial charge in [0.1, 0.15) is 9.22 Å². The molecule has 1 unspecified atom stereocenters. The maximum absolute atomic E-state index is 12.1. The summed E-state index contributed by atoms with van der Waals surface area (Å²) in [5.41, 5.74) is 5.47. The molecular formula is C10H13N3O2S3. The van der Waals surface area contributed by atoms with Crippen molar-refractivity contribution in [2.45, 2.75) is 23.7 Å². The summed E-state index contributed by atoms with van der Waals surface area (Å²) >= 11 is 2.61. The van der Waals surface area contributed by atoms with Crippen molar-refractivity contribution in [1.82, 2.24) is 9.71 Å². The van der Waals surface area contributed by atoms with Crippen molar-refractivity contribution in [1.29, 1.82) is 0 Å². The number of hydrogen-bond donors (Lipinski definition) is 2. The molecule has 0 saturated carbocycles. The van der Waals surface area contributed by atoms with Gasteiger partial charge in [0.25, 0.3) is 10.0 Å². The number of nitrogens with one attached hydrogen (secondary N) is 1. The third-order valence-electron chi connectivity index (χ3n) is 2.26. The Morgan fingerprint density at radius 1 is 1.50 bits per heavy atom. The Bertz CT molecular complexity index is 604. The van der Waals surface area contributed by atoms with Crippen LogP contribution in [0, 0.1) is 0 Å². The van der Waals surface area contributed by atoms with E-state index in [1.807, 2.05) is 5.38 Å². The fourth-order valence-electron chi connectivity index (χ4n) is 1.40. The Labute approximate surface area is 114 Å². The topological polar surface area (TPSA) is 85.1 Å². The summed E-state index contributed by atoms with van der Waals surface area (Å²) in [5.74, 6) is 0. The lowest BCUT2D eigenvalue weighted by Crippen LogP contribution is -2.26. The number of nitrogens with two attached hydrogens (primary N) is 1. The van der Waals surface area contributed by atoms with Crippen LogP contribution in [0.25, 0.3) is 0 Å².